The summed E-state index contributed by atoms with van der Waals surface area (Å²) in [5.41, 5.74) is 4.64. The number of amides is 1. The van der Waals surface area contributed by atoms with E-state index in [4.69, 9.17) is 0 Å². The maximum atomic E-state index is 14.3. The van der Waals surface area contributed by atoms with Gasteiger partial charge in [-0.15, -0.1) is 0 Å². The topological polar surface area (TPSA) is 29.1 Å². The van der Waals surface area contributed by atoms with Crippen LogP contribution < -0.4 is 5.32 Å². The smallest absolute Gasteiger partial charge is 0.251 e. The van der Waals surface area contributed by atoms with Crippen LogP contribution in [0.5, 0.6) is 0 Å². The molecule has 0 aromatic heterocycles. The molecule has 0 radical (unpaired) electrons. The number of rotatable bonds is 1. The van der Waals surface area contributed by atoms with Gasteiger partial charge in [-0.2, -0.15) is 0 Å². The molecule has 4 rings (SSSR count). The summed E-state index contributed by atoms with van der Waals surface area (Å²) >= 11 is 0. The average molecular weight is 355 g/mol. The summed E-state index contributed by atoms with van der Waals surface area (Å²) in [4.78, 5) is 12.3. The lowest BCUT2D eigenvalue weighted by Gasteiger charge is -2.17. The lowest BCUT2D eigenvalue weighted by molar-refractivity contribution is -0.117. The average Bonchev–Trinajstić information content (AvgIpc) is 2.87. The molecule has 1 aliphatic carbocycles. The number of carbonyl (C=O) groups excluding carboxylic acids is 1. The molecule has 132 valence electrons. The maximum Gasteiger partial charge on any atom is 0.251 e. The molecule has 1 N–H and O–H groups in total. The van der Waals surface area contributed by atoms with Crippen LogP contribution >= 0.6 is 0 Å². The first-order valence-corrected chi connectivity index (χ1v) is 8.41. The summed E-state index contributed by atoms with van der Waals surface area (Å²) in [6, 6.07) is 6.31. The Balaban J connectivity index is 1.99. The Kier molecular flexibility index (Phi) is 3.94. The van der Waals surface area contributed by atoms with Gasteiger partial charge >= 0.3 is 0 Å². The second-order valence-electron chi connectivity index (χ2n) is 6.63. The second-order valence-corrected chi connectivity index (χ2v) is 6.63. The van der Waals surface area contributed by atoms with E-state index in [2.05, 4.69) is 5.32 Å². The van der Waals surface area contributed by atoms with E-state index in [1.165, 1.54) is 18.2 Å². The van der Waals surface area contributed by atoms with Crippen LogP contribution in [0, 0.1) is 17.5 Å². The Labute approximate surface area is 149 Å². The van der Waals surface area contributed by atoms with Crippen molar-refractivity contribution < 1.29 is 18.0 Å². The van der Waals surface area contributed by atoms with Gasteiger partial charge in [0.1, 0.15) is 5.82 Å². The van der Waals surface area contributed by atoms with Crippen LogP contribution in [0.25, 0.3) is 16.7 Å². The third kappa shape index (κ3) is 2.73. The molecule has 0 unspecified atom stereocenters. The minimum absolute atomic E-state index is 0.177. The Bertz CT molecular complexity index is 1000. The minimum Gasteiger partial charge on any atom is -0.352 e. The first kappa shape index (κ1) is 16.6. The van der Waals surface area contributed by atoms with Crippen LogP contribution in [0.1, 0.15) is 24.5 Å². The fraction of sp³-hybridized carbons (Fsp3) is 0.190. The van der Waals surface area contributed by atoms with Gasteiger partial charge < -0.3 is 5.32 Å². The number of allylic oxidation sites excluding steroid dienone is 1. The molecule has 2 bridgehead atoms. The molecular formula is C21H16F3NO. The van der Waals surface area contributed by atoms with Crippen molar-refractivity contribution in [1.82, 2.24) is 5.32 Å². The molecule has 1 aliphatic heterocycles. The van der Waals surface area contributed by atoms with Crippen molar-refractivity contribution in [3.05, 3.63) is 76.1 Å². The predicted molar refractivity (Wildman–Crippen MR) is 93.8 cm³/mol. The molecule has 2 aromatic rings. The van der Waals surface area contributed by atoms with E-state index in [0.717, 1.165) is 23.3 Å². The monoisotopic (exact) mass is 355 g/mol. The van der Waals surface area contributed by atoms with Crippen molar-refractivity contribution in [2.45, 2.75) is 19.8 Å². The lowest BCUT2D eigenvalue weighted by Crippen LogP contribution is -2.24. The quantitative estimate of drug-likeness (QED) is 0.799. The van der Waals surface area contributed by atoms with Crippen molar-refractivity contribution in [2.24, 2.45) is 0 Å². The van der Waals surface area contributed by atoms with Crippen molar-refractivity contribution in [2.75, 3.05) is 6.54 Å². The zero-order chi connectivity index (χ0) is 18.4. The molecule has 1 amide bonds. The van der Waals surface area contributed by atoms with Crippen LogP contribution in [0.2, 0.25) is 0 Å². The molecule has 1 heterocycles. The van der Waals surface area contributed by atoms with Crippen molar-refractivity contribution in [3.63, 3.8) is 0 Å². The lowest BCUT2D eigenvalue weighted by atomic mass is 9.88. The second kappa shape index (κ2) is 6.16. The summed E-state index contributed by atoms with van der Waals surface area (Å²) in [6.45, 7) is 2.32. The molecule has 0 saturated heterocycles. The van der Waals surface area contributed by atoms with E-state index in [9.17, 15) is 18.0 Å². The largest absolute Gasteiger partial charge is 0.352 e. The van der Waals surface area contributed by atoms with Gasteiger partial charge in [-0.25, -0.2) is 13.2 Å². The molecular weight excluding hydrogens is 339 g/mol. The molecule has 0 spiro atoms. The highest BCUT2D eigenvalue weighted by Crippen LogP contribution is 2.38. The maximum absolute atomic E-state index is 14.3. The summed E-state index contributed by atoms with van der Waals surface area (Å²) in [7, 11) is 0. The highest BCUT2D eigenvalue weighted by atomic mass is 19.2. The first-order chi connectivity index (χ1) is 12.4. The van der Waals surface area contributed by atoms with Gasteiger partial charge in [0, 0.05) is 12.1 Å². The van der Waals surface area contributed by atoms with Crippen LogP contribution in [-0.4, -0.2) is 12.5 Å². The fourth-order valence-electron chi connectivity index (χ4n) is 3.65. The normalized spacial score (nSPS) is 16.5. The summed E-state index contributed by atoms with van der Waals surface area (Å²) in [6.07, 6.45) is 3.08. The summed E-state index contributed by atoms with van der Waals surface area (Å²) in [5, 5.41) is 2.85. The van der Waals surface area contributed by atoms with Gasteiger partial charge in [0.2, 0.25) is 0 Å². The van der Waals surface area contributed by atoms with E-state index in [1.807, 2.05) is 6.08 Å². The van der Waals surface area contributed by atoms with Crippen molar-refractivity contribution in [1.29, 1.82) is 0 Å². The number of halogens is 3. The molecule has 2 aromatic carbocycles. The number of fused-ring (bicyclic) bond motifs is 2. The van der Waals surface area contributed by atoms with Gasteiger partial charge in [0.15, 0.2) is 11.6 Å². The van der Waals surface area contributed by atoms with Crippen LogP contribution in [-0.2, 0) is 11.2 Å². The van der Waals surface area contributed by atoms with Crippen LogP contribution in [0.4, 0.5) is 13.2 Å². The SMILES string of the molecule is CC1=C2C=C(CCNC2=O)Cc2c1cc(F)cc2-c1ccc(F)c(F)c1. The third-order valence-electron chi connectivity index (χ3n) is 4.98. The van der Waals surface area contributed by atoms with Crippen LogP contribution in [0.3, 0.4) is 0 Å². The van der Waals surface area contributed by atoms with Gasteiger partial charge in [-0.3, -0.25) is 4.79 Å². The Hall–Kier alpha value is -2.82. The summed E-state index contributed by atoms with van der Waals surface area (Å²) < 4.78 is 41.4. The molecule has 26 heavy (non-hydrogen) atoms. The highest BCUT2D eigenvalue weighted by molar-refractivity contribution is 6.05. The third-order valence-corrected chi connectivity index (χ3v) is 4.98. The Morgan fingerprint density at radius 1 is 1.00 bits per heavy atom. The molecule has 2 aliphatic rings. The number of hydrogen-bond acceptors (Lipinski definition) is 1. The van der Waals surface area contributed by atoms with E-state index >= 15 is 0 Å². The summed E-state index contributed by atoms with van der Waals surface area (Å²) in [5.74, 6) is -2.58. The zero-order valence-electron chi connectivity index (χ0n) is 14.1. The number of carbonyl (C=O) groups is 1. The molecule has 5 heteroatoms. The first-order valence-electron chi connectivity index (χ1n) is 8.41. The van der Waals surface area contributed by atoms with E-state index < -0.39 is 17.5 Å². The fourth-order valence-corrected chi connectivity index (χ4v) is 3.65. The van der Waals surface area contributed by atoms with E-state index in [0.29, 0.717) is 47.2 Å². The van der Waals surface area contributed by atoms with Crippen LogP contribution in [0.15, 0.2) is 47.6 Å². The number of nitrogens with one attached hydrogen (secondary N) is 1. The van der Waals surface area contributed by atoms with Gasteiger partial charge in [0.05, 0.1) is 0 Å². The highest BCUT2D eigenvalue weighted by Gasteiger charge is 2.25. The molecule has 0 atom stereocenters. The molecule has 2 nitrogen and oxygen atoms in total. The van der Waals surface area contributed by atoms with Gasteiger partial charge in [0.25, 0.3) is 5.91 Å². The van der Waals surface area contributed by atoms with Gasteiger partial charge in [-0.05, 0) is 77.9 Å². The number of hydrogen-bond donors (Lipinski definition) is 1. The Morgan fingerprint density at radius 2 is 1.77 bits per heavy atom. The van der Waals surface area contributed by atoms with Crippen molar-refractivity contribution >= 4 is 11.5 Å². The molecule has 0 saturated carbocycles. The molecule has 0 fully saturated rings. The van der Waals surface area contributed by atoms with E-state index in [1.54, 1.807) is 6.92 Å². The van der Waals surface area contributed by atoms with Crippen molar-refractivity contribution in [3.8, 4) is 11.1 Å². The zero-order valence-corrected chi connectivity index (χ0v) is 14.1. The predicted octanol–water partition coefficient (Wildman–Crippen LogP) is 4.55. The minimum atomic E-state index is -0.974. The standard InChI is InChI=1S/C21H16F3NO/c1-11-15-9-14(22)10-17(13-2-3-19(23)20(24)8-13)18(15)7-12-4-5-25-21(26)16(11)6-12/h2-3,6,8-10H,4-5,7H2,1H3,(H,25,26). The van der Waals surface area contributed by atoms with Gasteiger partial charge in [-0.1, -0.05) is 11.6 Å². The number of benzene rings is 2. The van der Waals surface area contributed by atoms with E-state index in [-0.39, 0.29) is 5.91 Å². The Morgan fingerprint density at radius 3 is 2.54 bits per heavy atom.